The molecule has 0 amide bonds. The van der Waals surface area contributed by atoms with Crippen molar-refractivity contribution in [1.82, 2.24) is 4.98 Å². The molecule has 5 heteroatoms. The molecule has 2 aromatic heterocycles. The normalized spacial score (nSPS) is 11.0. The average Bonchev–Trinajstić information content (AvgIpc) is 2.89. The van der Waals surface area contributed by atoms with Crippen LogP contribution in [0.5, 0.6) is 0 Å². The maximum absolute atomic E-state index is 14.3. The fourth-order valence-corrected chi connectivity index (χ4v) is 2.57. The Morgan fingerprint density at radius 3 is 2.79 bits per heavy atom. The molecule has 2 rings (SSSR count). The van der Waals surface area contributed by atoms with Crippen LogP contribution in [0.1, 0.15) is 24.3 Å². The van der Waals surface area contributed by atoms with Crippen molar-refractivity contribution < 1.29 is 9.50 Å². The Bertz CT molecular complexity index is 528. The third-order valence-corrected chi connectivity index (χ3v) is 3.78. The van der Waals surface area contributed by atoms with E-state index in [2.05, 4.69) is 4.98 Å². The lowest BCUT2D eigenvalue weighted by Crippen LogP contribution is -2.31. The van der Waals surface area contributed by atoms with Crippen LogP contribution in [0.2, 0.25) is 0 Å². The molecule has 0 saturated carbocycles. The molecule has 0 radical (unpaired) electrons. The highest BCUT2D eigenvalue weighted by Crippen LogP contribution is 2.24. The van der Waals surface area contributed by atoms with Gasteiger partial charge in [0, 0.05) is 22.7 Å². The van der Waals surface area contributed by atoms with Crippen molar-refractivity contribution in [3.05, 3.63) is 46.0 Å². The van der Waals surface area contributed by atoms with Gasteiger partial charge in [0.25, 0.3) is 0 Å². The topological polar surface area (TPSA) is 36.4 Å². The van der Waals surface area contributed by atoms with Gasteiger partial charge in [-0.1, -0.05) is 6.07 Å². The quantitative estimate of drug-likeness (QED) is 0.913. The molecule has 2 aromatic rings. The Balaban J connectivity index is 2.34. The average molecular weight is 280 g/mol. The van der Waals surface area contributed by atoms with Crippen LogP contribution < -0.4 is 4.90 Å². The second-order valence-electron chi connectivity index (χ2n) is 4.57. The number of aliphatic hydroxyl groups excluding tert-OH is 1. The molecule has 0 aliphatic rings. The SMILES string of the molecule is CC(C)N(Cc1cccs1)c1nccc(CO)c1F. The van der Waals surface area contributed by atoms with Crippen LogP contribution in [0.25, 0.3) is 0 Å². The highest BCUT2D eigenvalue weighted by molar-refractivity contribution is 7.09. The van der Waals surface area contributed by atoms with Crippen molar-refractivity contribution >= 4 is 17.2 Å². The van der Waals surface area contributed by atoms with Crippen LogP contribution in [0, 0.1) is 5.82 Å². The van der Waals surface area contributed by atoms with Crippen LogP contribution >= 0.6 is 11.3 Å². The fraction of sp³-hybridized carbons (Fsp3) is 0.357. The first kappa shape index (κ1) is 14.0. The van der Waals surface area contributed by atoms with E-state index in [9.17, 15) is 4.39 Å². The minimum Gasteiger partial charge on any atom is -0.392 e. The number of anilines is 1. The summed E-state index contributed by atoms with van der Waals surface area (Å²) in [5.41, 5.74) is 0.279. The van der Waals surface area contributed by atoms with Crippen molar-refractivity contribution in [2.75, 3.05) is 4.90 Å². The van der Waals surface area contributed by atoms with Crippen molar-refractivity contribution in [2.24, 2.45) is 0 Å². The summed E-state index contributed by atoms with van der Waals surface area (Å²) in [4.78, 5) is 7.19. The Morgan fingerprint density at radius 2 is 2.21 bits per heavy atom. The number of nitrogens with zero attached hydrogens (tertiary/aromatic N) is 2. The van der Waals surface area contributed by atoms with Crippen LogP contribution in [-0.4, -0.2) is 16.1 Å². The van der Waals surface area contributed by atoms with Gasteiger partial charge >= 0.3 is 0 Å². The molecular weight excluding hydrogens is 263 g/mol. The zero-order valence-corrected chi connectivity index (χ0v) is 11.8. The van der Waals surface area contributed by atoms with Crippen molar-refractivity contribution in [3.8, 4) is 0 Å². The fourth-order valence-electron chi connectivity index (χ4n) is 1.87. The van der Waals surface area contributed by atoms with E-state index in [4.69, 9.17) is 5.11 Å². The number of hydrogen-bond donors (Lipinski definition) is 1. The monoisotopic (exact) mass is 280 g/mol. The smallest absolute Gasteiger partial charge is 0.171 e. The zero-order chi connectivity index (χ0) is 13.8. The number of aromatic nitrogens is 1. The van der Waals surface area contributed by atoms with E-state index < -0.39 is 5.82 Å². The van der Waals surface area contributed by atoms with Crippen molar-refractivity contribution in [2.45, 2.75) is 33.0 Å². The van der Waals surface area contributed by atoms with Gasteiger partial charge in [-0.25, -0.2) is 9.37 Å². The Kier molecular flexibility index (Phi) is 4.50. The maximum atomic E-state index is 14.3. The number of thiophene rings is 1. The largest absolute Gasteiger partial charge is 0.392 e. The Morgan fingerprint density at radius 1 is 1.42 bits per heavy atom. The third-order valence-electron chi connectivity index (χ3n) is 2.92. The van der Waals surface area contributed by atoms with Gasteiger partial charge in [-0.2, -0.15) is 0 Å². The maximum Gasteiger partial charge on any atom is 0.171 e. The molecule has 0 saturated heterocycles. The van der Waals surface area contributed by atoms with Crippen molar-refractivity contribution in [1.29, 1.82) is 0 Å². The van der Waals surface area contributed by atoms with Gasteiger partial charge < -0.3 is 10.0 Å². The molecule has 0 bridgehead atoms. The van der Waals surface area contributed by atoms with Gasteiger partial charge in [-0.05, 0) is 31.4 Å². The van der Waals surface area contributed by atoms with E-state index in [1.165, 1.54) is 12.3 Å². The van der Waals surface area contributed by atoms with Crippen LogP contribution in [-0.2, 0) is 13.2 Å². The summed E-state index contributed by atoms with van der Waals surface area (Å²) < 4.78 is 14.3. The van der Waals surface area contributed by atoms with Gasteiger partial charge in [-0.3, -0.25) is 0 Å². The lowest BCUT2D eigenvalue weighted by molar-refractivity contribution is 0.275. The Labute approximate surface area is 116 Å². The highest BCUT2D eigenvalue weighted by atomic mass is 32.1. The summed E-state index contributed by atoms with van der Waals surface area (Å²) >= 11 is 1.64. The first-order valence-corrected chi connectivity index (χ1v) is 7.04. The number of halogens is 1. The molecule has 0 fully saturated rings. The number of aliphatic hydroxyl groups is 1. The zero-order valence-electron chi connectivity index (χ0n) is 11.0. The molecule has 0 spiro atoms. The summed E-state index contributed by atoms with van der Waals surface area (Å²) in [7, 11) is 0. The molecule has 2 heterocycles. The molecule has 0 aromatic carbocycles. The molecule has 19 heavy (non-hydrogen) atoms. The van der Waals surface area contributed by atoms with Crippen LogP contribution in [0.4, 0.5) is 10.2 Å². The van der Waals surface area contributed by atoms with Gasteiger partial charge in [0.1, 0.15) is 0 Å². The lowest BCUT2D eigenvalue weighted by atomic mass is 10.2. The molecule has 3 nitrogen and oxygen atoms in total. The molecule has 1 N–H and O–H groups in total. The first-order chi connectivity index (χ1) is 9.13. The molecule has 0 aliphatic carbocycles. The third kappa shape index (κ3) is 3.11. The van der Waals surface area contributed by atoms with E-state index in [1.807, 2.05) is 36.3 Å². The summed E-state index contributed by atoms with van der Waals surface area (Å²) in [5, 5.41) is 11.1. The van der Waals surface area contributed by atoms with E-state index in [-0.39, 0.29) is 18.2 Å². The number of rotatable bonds is 5. The van der Waals surface area contributed by atoms with Gasteiger partial charge in [0.15, 0.2) is 11.6 Å². The van der Waals surface area contributed by atoms with Gasteiger partial charge in [0.2, 0.25) is 0 Å². The first-order valence-electron chi connectivity index (χ1n) is 6.16. The summed E-state index contributed by atoms with van der Waals surface area (Å²) in [5.74, 6) is -0.134. The summed E-state index contributed by atoms with van der Waals surface area (Å²) in [6.07, 6.45) is 1.54. The number of pyridine rings is 1. The van der Waals surface area contributed by atoms with E-state index in [0.29, 0.717) is 12.4 Å². The van der Waals surface area contributed by atoms with Crippen LogP contribution in [0.15, 0.2) is 29.8 Å². The molecular formula is C14H17FN2OS. The Hall–Kier alpha value is -1.46. The second kappa shape index (κ2) is 6.12. The van der Waals surface area contributed by atoms with Gasteiger partial charge in [-0.15, -0.1) is 11.3 Å². The van der Waals surface area contributed by atoms with E-state index in [0.717, 1.165) is 4.88 Å². The standard InChI is InChI=1S/C14H17FN2OS/c1-10(2)17(8-12-4-3-7-19-12)14-13(15)11(9-18)5-6-16-14/h3-7,10,18H,8-9H2,1-2H3. The minimum absolute atomic E-state index is 0.123. The molecule has 102 valence electrons. The van der Waals surface area contributed by atoms with Gasteiger partial charge in [0.05, 0.1) is 13.2 Å². The second-order valence-corrected chi connectivity index (χ2v) is 5.60. The van der Waals surface area contributed by atoms with E-state index in [1.54, 1.807) is 11.3 Å². The van der Waals surface area contributed by atoms with Crippen LogP contribution in [0.3, 0.4) is 0 Å². The highest BCUT2D eigenvalue weighted by Gasteiger charge is 2.19. The predicted molar refractivity (Wildman–Crippen MR) is 75.8 cm³/mol. The molecule has 0 aliphatic heterocycles. The molecule has 0 atom stereocenters. The predicted octanol–water partition coefficient (Wildman–Crippen LogP) is 3.19. The summed E-state index contributed by atoms with van der Waals surface area (Å²) in [6.45, 7) is 4.31. The minimum atomic E-state index is -0.435. The number of hydrogen-bond acceptors (Lipinski definition) is 4. The van der Waals surface area contributed by atoms with E-state index >= 15 is 0 Å². The lowest BCUT2D eigenvalue weighted by Gasteiger charge is -2.28. The molecule has 0 unspecified atom stereocenters. The summed E-state index contributed by atoms with van der Waals surface area (Å²) in [6, 6.07) is 5.63. The van der Waals surface area contributed by atoms with Crippen molar-refractivity contribution in [3.63, 3.8) is 0 Å².